The summed E-state index contributed by atoms with van der Waals surface area (Å²) in [6.45, 7) is 3.67. The number of amides is 1. The number of carbonyl (C=O) groups is 1. The van der Waals surface area contributed by atoms with Crippen molar-refractivity contribution in [3.05, 3.63) is 28.2 Å². The molecule has 1 aromatic rings. The van der Waals surface area contributed by atoms with Gasteiger partial charge in [0.1, 0.15) is 5.75 Å². The van der Waals surface area contributed by atoms with Crippen LogP contribution in [-0.2, 0) is 4.79 Å². The van der Waals surface area contributed by atoms with E-state index in [1.807, 2.05) is 6.92 Å². The molecule has 0 radical (unpaired) electrons. The van der Waals surface area contributed by atoms with Gasteiger partial charge in [-0.25, -0.2) is 0 Å². The van der Waals surface area contributed by atoms with Crippen LogP contribution >= 0.6 is 23.2 Å². The van der Waals surface area contributed by atoms with Gasteiger partial charge in [0.05, 0.1) is 10.0 Å². The monoisotopic (exact) mass is 319 g/mol. The van der Waals surface area contributed by atoms with Crippen molar-refractivity contribution >= 4 is 29.1 Å². The minimum atomic E-state index is -0.635. The summed E-state index contributed by atoms with van der Waals surface area (Å²) in [5.41, 5.74) is 0. The van der Waals surface area contributed by atoms with Crippen molar-refractivity contribution < 1.29 is 14.6 Å². The van der Waals surface area contributed by atoms with Crippen molar-refractivity contribution in [2.75, 3.05) is 6.61 Å². The van der Waals surface area contributed by atoms with Gasteiger partial charge in [-0.05, 0) is 38.8 Å². The third-order valence-corrected chi connectivity index (χ3v) is 3.50. The van der Waals surface area contributed by atoms with Gasteiger partial charge in [0.15, 0.2) is 6.10 Å². The average Bonchev–Trinajstić information content (AvgIpc) is 2.40. The van der Waals surface area contributed by atoms with Crippen LogP contribution in [0.25, 0.3) is 0 Å². The lowest BCUT2D eigenvalue weighted by molar-refractivity contribution is -0.127. The van der Waals surface area contributed by atoms with Gasteiger partial charge in [0.25, 0.3) is 5.91 Å². The Morgan fingerprint density at radius 3 is 2.65 bits per heavy atom. The van der Waals surface area contributed by atoms with Gasteiger partial charge in [0.2, 0.25) is 0 Å². The van der Waals surface area contributed by atoms with E-state index in [0.717, 1.165) is 6.42 Å². The molecule has 0 heterocycles. The molecule has 0 aromatic heterocycles. The van der Waals surface area contributed by atoms with Gasteiger partial charge in [-0.2, -0.15) is 0 Å². The first-order chi connectivity index (χ1) is 9.43. The molecule has 0 saturated carbocycles. The number of halogens is 2. The number of carbonyl (C=O) groups excluding carboxylic acids is 1. The molecule has 1 amide bonds. The van der Waals surface area contributed by atoms with E-state index >= 15 is 0 Å². The summed E-state index contributed by atoms with van der Waals surface area (Å²) in [5.74, 6) is 0.284. The fourth-order valence-corrected chi connectivity index (χ4v) is 1.93. The maximum atomic E-state index is 11.9. The first kappa shape index (κ1) is 17.1. The second-order valence-electron chi connectivity index (χ2n) is 4.61. The molecule has 112 valence electrons. The Kier molecular flexibility index (Phi) is 7.13. The molecule has 0 aliphatic rings. The molecule has 2 unspecified atom stereocenters. The molecule has 2 N–H and O–H groups in total. The van der Waals surface area contributed by atoms with Gasteiger partial charge >= 0.3 is 0 Å². The van der Waals surface area contributed by atoms with E-state index in [0.29, 0.717) is 22.2 Å². The molecule has 0 spiro atoms. The van der Waals surface area contributed by atoms with Gasteiger partial charge in [-0.1, -0.05) is 23.2 Å². The highest BCUT2D eigenvalue weighted by Crippen LogP contribution is 2.26. The molecule has 1 rings (SSSR count). The predicted molar refractivity (Wildman–Crippen MR) is 80.5 cm³/mol. The minimum Gasteiger partial charge on any atom is -0.481 e. The second kappa shape index (κ2) is 8.35. The number of hydrogen-bond acceptors (Lipinski definition) is 3. The zero-order valence-corrected chi connectivity index (χ0v) is 13.0. The molecule has 2 atom stereocenters. The fourth-order valence-electron chi connectivity index (χ4n) is 1.64. The third kappa shape index (κ3) is 5.57. The van der Waals surface area contributed by atoms with E-state index in [2.05, 4.69) is 5.32 Å². The van der Waals surface area contributed by atoms with Crippen LogP contribution in [0.3, 0.4) is 0 Å². The van der Waals surface area contributed by atoms with Crippen LogP contribution in [0.4, 0.5) is 0 Å². The summed E-state index contributed by atoms with van der Waals surface area (Å²) >= 11 is 11.7. The SMILES string of the molecule is CC(CCCO)NC(=O)C(C)Oc1ccc(Cl)c(Cl)c1. The van der Waals surface area contributed by atoms with E-state index < -0.39 is 6.10 Å². The Labute approximate surface area is 129 Å². The number of aliphatic hydroxyl groups is 1. The Morgan fingerprint density at radius 1 is 1.35 bits per heavy atom. The molecule has 0 bridgehead atoms. The molecule has 0 fully saturated rings. The van der Waals surface area contributed by atoms with E-state index in [1.165, 1.54) is 0 Å². The Balaban J connectivity index is 2.50. The number of aliphatic hydroxyl groups excluding tert-OH is 1. The Bertz CT molecular complexity index is 454. The number of rotatable bonds is 7. The minimum absolute atomic E-state index is 0.00509. The highest BCUT2D eigenvalue weighted by molar-refractivity contribution is 6.42. The zero-order valence-electron chi connectivity index (χ0n) is 11.5. The largest absolute Gasteiger partial charge is 0.481 e. The topological polar surface area (TPSA) is 58.6 Å². The lowest BCUT2D eigenvalue weighted by atomic mass is 10.2. The van der Waals surface area contributed by atoms with Crippen LogP contribution in [0.1, 0.15) is 26.7 Å². The highest BCUT2D eigenvalue weighted by atomic mass is 35.5. The Hall–Kier alpha value is -0.970. The number of benzene rings is 1. The van der Waals surface area contributed by atoms with Gasteiger partial charge in [-0.15, -0.1) is 0 Å². The summed E-state index contributed by atoms with van der Waals surface area (Å²) in [6, 6.07) is 4.85. The van der Waals surface area contributed by atoms with Crippen LogP contribution < -0.4 is 10.1 Å². The number of hydrogen-bond donors (Lipinski definition) is 2. The number of nitrogens with one attached hydrogen (secondary N) is 1. The number of ether oxygens (including phenoxy) is 1. The first-order valence-electron chi connectivity index (χ1n) is 6.47. The van der Waals surface area contributed by atoms with E-state index in [9.17, 15) is 4.79 Å². The normalized spacial score (nSPS) is 13.7. The van der Waals surface area contributed by atoms with Gasteiger partial charge < -0.3 is 15.2 Å². The maximum absolute atomic E-state index is 11.9. The van der Waals surface area contributed by atoms with Crippen LogP contribution in [0.15, 0.2) is 18.2 Å². The summed E-state index contributed by atoms with van der Waals surface area (Å²) < 4.78 is 5.51. The van der Waals surface area contributed by atoms with Crippen molar-refractivity contribution in [1.29, 1.82) is 0 Å². The van der Waals surface area contributed by atoms with Crippen LogP contribution in [-0.4, -0.2) is 29.8 Å². The smallest absolute Gasteiger partial charge is 0.260 e. The Morgan fingerprint density at radius 2 is 2.05 bits per heavy atom. The molecule has 0 saturated heterocycles. The summed E-state index contributed by atoms with van der Waals surface area (Å²) in [5, 5.41) is 12.4. The quantitative estimate of drug-likeness (QED) is 0.812. The standard InChI is InChI=1S/C14H19Cl2NO3/c1-9(4-3-7-18)17-14(19)10(2)20-11-5-6-12(15)13(16)8-11/h5-6,8-10,18H,3-4,7H2,1-2H3,(H,17,19). The van der Waals surface area contributed by atoms with Crippen LogP contribution in [0.5, 0.6) is 5.75 Å². The lowest BCUT2D eigenvalue weighted by Crippen LogP contribution is -2.41. The summed E-state index contributed by atoms with van der Waals surface area (Å²) in [7, 11) is 0. The molecule has 0 aliphatic heterocycles. The molecule has 20 heavy (non-hydrogen) atoms. The van der Waals surface area contributed by atoms with Crippen molar-refractivity contribution in [2.24, 2.45) is 0 Å². The molecule has 0 aliphatic carbocycles. The van der Waals surface area contributed by atoms with E-state index in [4.69, 9.17) is 33.0 Å². The van der Waals surface area contributed by atoms with Gasteiger partial charge in [-0.3, -0.25) is 4.79 Å². The maximum Gasteiger partial charge on any atom is 0.260 e. The molecular formula is C14H19Cl2NO3. The van der Waals surface area contributed by atoms with Gasteiger partial charge in [0, 0.05) is 18.7 Å². The molecule has 6 heteroatoms. The lowest BCUT2D eigenvalue weighted by Gasteiger charge is -2.18. The molecular weight excluding hydrogens is 301 g/mol. The fraction of sp³-hybridized carbons (Fsp3) is 0.500. The van der Waals surface area contributed by atoms with Crippen LogP contribution in [0, 0.1) is 0 Å². The average molecular weight is 320 g/mol. The first-order valence-corrected chi connectivity index (χ1v) is 7.22. The van der Waals surface area contributed by atoms with E-state index in [-0.39, 0.29) is 18.6 Å². The zero-order chi connectivity index (χ0) is 15.1. The van der Waals surface area contributed by atoms with Crippen molar-refractivity contribution in [3.8, 4) is 5.75 Å². The van der Waals surface area contributed by atoms with Crippen molar-refractivity contribution in [2.45, 2.75) is 38.8 Å². The molecule has 4 nitrogen and oxygen atoms in total. The van der Waals surface area contributed by atoms with Crippen LogP contribution in [0.2, 0.25) is 10.0 Å². The van der Waals surface area contributed by atoms with Crippen molar-refractivity contribution in [1.82, 2.24) is 5.32 Å². The second-order valence-corrected chi connectivity index (χ2v) is 5.43. The molecule has 1 aromatic carbocycles. The predicted octanol–water partition coefficient (Wildman–Crippen LogP) is 3.04. The third-order valence-electron chi connectivity index (χ3n) is 2.76. The van der Waals surface area contributed by atoms with Crippen molar-refractivity contribution in [3.63, 3.8) is 0 Å². The van der Waals surface area contributed by atoms with E-state index in [1.54, 1.807) is 25.1 Å². The highest BCUT2D eigenvalue weighted by Gasteiger charge is 2.17. The summed E-state index contributed by atoms with van der Waals surface area (Å²) in [6.07, 6.45) is 0.745. The summed E-state index contributed by atoms with van der Waals surface area (Å²) in [4.78, 5) is 11.9.